The maximum Gasteiger partial charge on any atom is 0.123 e. The Morgan fingerprint density at radius 2 is 2.06 bits per heavy atom. The summed E-state index contributed by atoms with van der Waals surface area (Å²) in [6.07, 6.45) is 2.86. The van der Waals surface area contributed by atoms with Gasteiger partial charge in [-0.15, -0.1) is 0 Å². The number of nitrogens with one attached hydrogen (secondary N) is 1. The fourth-order valence-corrected chi connectivity index (χ4v) is 1.73. The van der Waals surface area contributed by atoms with E-state index in [1.165, 1.54) is 12.1 Å². The zero-order valence-electron chi connectivity index (χ0n) is 9.65. The number of aromatic amines is 1. The van der Waals surface area contributed by atoms with Crippen molar-refractivity contribution in [3.05, 3.63) is 41.8 Å². The van der Waals surface area contributed by atoms with Gasteiger partial charge in [-0.1, -0.05) is 0 Å². The van der Waals surface area contributed by atoms with Crippen molar-refractivity contribution in [2.75, 3.05) is 0 Å². The molecule has 1 heterocycles. The number of aliphatic hydroxyl groups is 1. The van der Waals surface area contributed by atoms with Gasteiger partial charge >= 0.3 is 0 Å². The minimum Gasteiger partial charge on any atom is -0.393 e. The molecule has 1 aromatic heterocycles. The zero-order valence-corrected chi connectivity index (χ0v) is 9.65. The summed E-state index contributed by atoms with van der Waals surface area (Å²) in [6.45, 7) is 1.76. The van der Waals surface area contributed by atoms with E-state index in [0.717, 1.165) is 23.2 Å². The Labute approximate surface area is 99.3 Å². The van der Waals surface area contributed by atoms with Gasteiger partial charge in [-0.25, -0.2) is 4.39 Å². The Kier molecular flexibility index (Phi) is 3.54. The molecule has 0 saturated carbocycles. The molecule has 0 fully saturated rings. The highest BCUT2D eigenvalue weighted by molar-refractivity contribution is 5.62. The van der Waals surface area contributed by atoms with E-state index in [1.807, 2.05) is 0 Å². The first-order valence-corrected chi connectivity index (χ1v) is 5.63. The van der Waals surface area contributed by atoms with Crippen LogP contribution in [0.5, 0.6) is 0 Å². The second-order valence-corrected chi connectivity index (χ2v) is 4.16. The van der Waals surface area contributed by atoms with Gasteiger partial charge in [0.1, 0.15) is 5.82 Å². The number of aryl methyl sites for hydroxylation is 1. The quantitative estimate of drug-likeness (QED) is 0.854. The molecule has 17 heavy (non-hydrogen) atoms. The minimum absolute atomic E-state index is 0.251. The first-order valence-electron chi connectivity index (χ1n) is 5.63. The van der Waals surface area contributed by atoms with Crippen molar-refractivity contribution >= 4 is 0 Å². The normalized spacial score (nSPS) is 12.6. The molecule has 0 aliphatic rings. The lowest BCUT2D eigenvalue weighted by atomic mass is 10.0. The van der Waals surface area contributed by atoms with Gasteiger partial charge in [0.25, 0.3) is 0 Å². The van der Waals surface area contributed by atoms with Crippen LogP contribution in [0.1, 0.15) is 18.9 Å². The van der Waals surface area contributed by atoms with Crippen molar-refractivity contribution in [2.45, 2.75) is 25.9 Å². The van der Waals surface area contributed by atoms with Crippen LogP contribution in [0.4, 0.5) is 4.39 Å². The topological polar surface area (TPSA) is 48.9 Å². The molecule has 4 heteroatoms. The molecule has 2 N–H and O–H groups in total. The van der Waals surface area contributed by atoms with Crippen LogP contribution in [0.15, 0.2) is 30.5 Å². The molecule has 1 unspecified atom stereocenters. The summed E-state index contributed by atoms with van der Waals surface area (Å²) >= 11 is 0. The number of rotatable bonds is 4. The number of H-pyrrole nitrogens is 1. The van der Waals surface area contributed by atoms with Gasteiger partial charge in [-0.2, -0.15) is 5.10 Å². The molecular formula is C13H15FN2O. The van der Waals surface area contributed by atoms with E-state index in [4.69, 9.17) is 0 Å². The standard InChI is InChI=1S/C13H15FN2O/c1-9(17)2-3-11-8-15-16-13(11)10-4-6-12(14)7-5-10/h4-9,17H,2-3H2,1H3,(H,15,16). The van der Waals surface area contributed by atoms with Crippen molar-refractivity contribution in [1.29, 1.82) is 0 Å². The third-order valence-corrected chi connectivity index (χ3v) is 2.68. The van der Waals surface area contributed by atoms with Crippen LogP contribution in [0, 0.1) is 5.82 Å². The van der Waals surface area contributed by atoms with Crippen molar-refractivity contribution < 1.29 is 9.50 Å². The predicted octanol–water partition coefficient (Wildman–Crippen LogP) is 2.53. The molecule has 3 nitrogen and oxygen atoms in total. The van der Waals surface area contributed by atoms with E-state index >= 15 is 0 Å². The summed E-state index contributed by atoms with van der Waals surface area (Å²) in [7, 11) is 0. The Morgan fingerprint density at radius 1 is 1.35 bits per heavy atom. The molecule has 2 aromatic rings. The van der Waals surface area contributed by atoms with Crippen LogP contribution in [0.25, 0.3) is 11.3 Å². The number of hydrogen-bond donors (Lipinski definition) is 2. The summed E-state index contributed by atoms with van der Waals surface area (Å²) in [5.41, 5.74) is 2.84. The van der Waals surface area contributed by atoms with Crippen molar-refractivity contribution in [3.63, 3.8) is 0 Å². The van der Waals surface area contributed by atoms with Gasteiger partial charge in [-0.3, -0.25) is 5.10 Å². The number of nitrogens with zero attached hydrogens (tertiary/aromatic N) is 1. The predicted molar refractivity (Wildman–Crippen MR) is 64.0 cm³/mol. The van der Waals surface area contributed by atoms with Crippen molar-refractivity contribution in [1.82, 2.24) is 10.2 Å². The molecule has 0 bridgehead atoms. The molecular weight excluding hydrogens is 219 g/mol. The second kappa shape index (κ2) is 5.10. The maximum atomic E-state index is 12.8. The fourth-order valence-electron chi connectivity index (χ4n) is 1.73. The van der Waals surface area contributed by atoms with Crippen molar-refractivity contribution in [2.24, 2.45) is 0 Å². The smallest absolute Gasteiger partial charge is 0.123 e. The van der Waals surface area contributed by atoms with Crippen molar-refractivity contribution in [3.8, 4) is 11.3 Å². The van der Waals surface area contributed by atoms with Gasteiger partial charge in [-0.05, 0) is 49.6 Å². The molecule has 0 amide bonds. The van der Waals surface area contributed by atoms with Crippen LogP contribution in [0.3, 0.4) is 0 Å². The first kappa shape index (κ1) is 11.8. The molecule has 0 aliphatic carbocycles. The lowest BCUT2D eigenvalue weighted by Crippen LogP contribution is -2.01. The number of hydrogen-bond acceptors (Lipinski definition) is 2. The number of aromatic nitrogens is 2. The van der Waals surface area contributed by atoms with E-state index in [0.29, 0.717) is 6.42 Å². The van der Waals surface area contributed by atoms with Gasteiger partial charge < -0.3 is 5.11 Å². The first-order chi connectivity index (χ1) is 8.16. The van der Waals surface area contributed by atoms with Gasteiger partial charge in [0.05, 0.1) is 18.0 Å². The lowest BCUT2D eigenvalue weighted by Gasteiger charge is -2.05. The third kappa shape index (κ3) is 2.91. The van der Waals surface area contributed by atoms with Gasteiger partial charge in [0.15, 0.2) is 0 Å². The molecule has 0 aliphatic heterocycles. The molecule has 2 rings (SSSR count). The molecule has 0 spiro atoms. The summed E-state index contributed by atoms with van der Waals surface area (Å²) in [6, 6.07) is 6.28. The maximum absolute atomic E-state index is 12.8. The minimum atomic E-state index is -0.328. The highest BCUT2D eigenvalue weighted by atomic mass is 19.1. The highest BCUT2D eigenvalue weighted by Crippen LogP contribution is 2.22. The molecule has 1 atom stereocenters. The van der Waals surface area contributed by atoms with Crippen LogP contribution in [-0.2, 0) is 6.42 Å². The molecule has 1 aromatic carbocycles. The van der Waals surface area contributed by atoms with E-state index in [2.05, 4.69) is 10.2 Å². The lowest BCUT2D eigenvalue weighted by molar-refractivity contribution is 0.185. The SMILES string of the molecule is CC(O)CCc1cn[nH]c1-c1ccc(F)cc1. The monoisotopic (exact) mass is 234 g/mol. The average Bonchev–Trinajstić information content (AvgIpc) is 2.75. The van der Waals surface area contributed by atoms with Crippen LogP contribution >= 0.6 is 0 Å². The Morgan fingerprint density at radius 3 is 2.71 bits per heavy atom. The highest BCUT2D eigenvalue weighted by Gasteiger charge is 2.08. The van der Waals surface area contributed by atoms with E-state index < -0.39 is 0 Å². The number of aliphatic hydroxyl groups excluding tert-OH is 1. The average molecular weight is 234 g/mol. The number of halogens is 1. The van der Waals surface area contributed by atoms with E-state index in [1.54, 1.807) is 25.3 Å². The van der Waals surface area contributed by atoms with Gasteiger partial charge in [0.2, 0.25) is 0 Å². The largest absolute Gasteiger partial charge is 0.393 e. The zero-order chi connectivity index (χ0) is 12.3. The van der Waals surface area contributed by atoms with E-state index in [9.17, 15) is 9.50 Å². The summed E-state index contributed by atoms with van der Waals surface area (Å²) in [5, 5.41) is 16.2. The fraction of sp³-hybridized carbons (Fsp3) is 0.308. The Hall–Kier alpha value is -1.68. The summed E-state index contributed by atoms with van der Waals surface area (Å²) < 4.78 is 12.8. The van der Waals surface area contributed by atoms with E-state index in [-0.39, 0.29) is 11.9 Å². The van der Waals surface area contributed by atoms with Crippen LogP contribution in [-0.4, -0.2) is 21.4 Å². The third-order valence-electron chi connectivity index (χ3n) is 2.68. The van der Waals surface area contributed by atoms with Crippen LogP contribution < -0.4 is 0 Å². The molecule has 0 saturated heterocycles. The molecule has 90 valence electrons. The molecule has 0 radical (unpaired) electrons. The van der Waals surface area contributed by atoms with Crippen LogP contribution in [0.2, 0.25) is 0 Å². The Balaban J connectivity index is 2.21. The second-order valence-electron chi connectivity index (χ2n) is 4.16. The summed E-state index contributed by atoms with van der Waals surface area (Å²) in [5.74, 6) is -0.251. The number of benzene rings is 1. The Bertz CT molecular complexity index is 476. The van der Waals surface area contributed by atoms with Gasteiger partial charge in [0, 0.05) is 5.56 Å². The summed E-state index contributed by atoms with van der Waals surface area (Å²) in [4.78, 5) is 0.